The number of fused-ring (bicyclic) bond motifs is 1. The molecule has 5 N–H and O–H groups in total. The molecule has 2 aromatic heterocycles. The van der Waals surface area contributed by atoms with E-state index in [-0.39, 0.29) is 34.9 Å². The van der Waals surface area contributed by atoms with E-state index in [4.69, 9.17) is 15.2 Å². The van der Waals surface area contributed by atoms with Crippen LogP contribution >= 0.6 is 0 Å². The van der Waals surface area contributed by atoms with Gasteiger partial charge in [0.05, 0.1) is 6.33 Å². The molecule has 2 aromatic rings. The van der Waals surface area contributed by atoms with Crippen LogP contribution in [0.15, 0.2) is 6.33 Å². The number of aliphatic hydroxyl groups is 2. The quantitative estimate of drug-likeness (QED) is 0.396. The SMILES string of the molecule is CC(C)(C)OC(=O)N1CCC(CC#Cc2nc(N)c3ncn([C@@]4(C)OC(C(=O)NC5CC5)C(O)C4O)c3n2)CC1. The Morgan fingerprint density at radius 1 is 1.23 bits per heavy atom. The van der Waals surface area contributed by atoms with Crippen molar-refractivity contribution in [1.29, 1.82) is 0 Å². The number of hydrogen-bond donors (Lipinski definition) is 4. The number of imidazole rings is 1. The van der Waals surface area contributed by atoms with Crippen LogP contribution in [-0.4, -0.2) is 89.7 Å². The molecule has 3 unspecified atom stereocenters. The average Bonchev–Trinajstić information content (AvgIpc) is 3.54. The Kier molecular flexibility index (Phi) is 7.37. The molecule has 5 rings (SSSR count). The standard InChI is InChI=1S/C27H37N7O6/c1-26(2,3)40-25(38)33-12-10-15(11-13-33)6-5-7-17-31-22(28)18-23(32-17)34(14-29-18)27(4)21(36)19(35)20(39-27)24(37)30-16-8-9-16/h14-16,19-21,35-36H,6,8-13H2,1-4H3,(H,30,37)(H2,28,31,32)/t19?,20?,21?,27-/m0/s1. The predicted molar refractivity (Wildman–Crippen MR) is 143 cm³/mol. The van der Waals surface area contributed by atoms with Crippen LogP contribution in [0.25, 0.3) is 11.2 Å². The number of nitrogens with one attached hydrogen (secondary N) is 1. The minimum atomic E-state index is -1.53. The van der Waals surface area contributed by atoms with Gasteiger partial charge in [-0.2, -0.15) is 0 Å². The number of anilines is 1. The molecule has 13 nitrogen and oxygen atoms in total. The summed E-state index contributed by atoms with van der Waals surface area (Å²) >= 11 is 0. The van der Waals surface area contributed by atoms with Crippen molar-refractivity contribution in [3.05, 3.63) is 12.2 Å². The van der Waals surface area contributed by atoms with E-state index < -0.39 is 35.5 Å². The number of carbonyl (C=O) groups is 2. The number of aromatic nitrogens is 4. The summed E-state index contributed by atoms with van der Waals surface area (Å²) in [5, 5.41) is 24.3. The van der Waals surface area contributed by atoms with Gasteiger partial charge in [-0.1, -0.05) is 5.92 Å². The number of nitrogen functional groups attached to an aromatic ring is 1. The lowest BCUT2D eigenvalue weighted by Crippen LogP contribution is -2.44. The Morgan fingerprint density at radius 3 is 2.58 bits per heavy atom. The van der Waals surface area contributed by atoms with Crippen LogP contribution in [0, 0.1) is 17.8 Å². The Balaban J connectivity index is 1.28. The monoisotopic (exact) mass is 555 g/mol. The van der Waals surface area contributed by atoms with Crippen molar-refractivity contribution in [2.45, 2.75) is 95.5 Å². The van der Waals surface area contributed by atoms with E-state index >= 15 is 0 Å². The number of hydrogen-bond acceptors (Lipinski definition) is 10. The molecule has 3 aliphatic rings. The number of rotatable bonds is 4. The molecule has 2 aliphatic heterocycles. The minimum absolute atomic E-state index is 0.0765. The highest BCUT2D eigenvalue weighted by Crippen LogP contribution is 2.38. The van der Waals surface area contributed by atoms with Gasteiger partial charge in [-0.25, -0.2) is 19.7 Å². The van der Waals surface area contributed by atoms with Crippen molar-refractivity contribution in [3.8, 4) is 11.8 Å². The average molecular weight is 556 g/mol. The number of piperidine rings is 1. The molecule has 216 valence electrons. The minimum Gasteiger partial charge on any atom is -0.444 e. The van der Waals surface area contributed by atoms with Gasteiger partial charge >= 0.3 is 6.09 Å². The molecular formula is C27H37N7O6. The van der Waals surface area contributed by atoms with Crippen LogP contribution in [0.4, 0.5) is 10.6 Å². The van der Waals surface area contributed by atoms with Crippen molar-refractivity contribution in [2.24, 2.45) is 5.92 Å². The van der Waals surface area contributed by atoms with Crippen molar-refractivity contribution >= 4 is 29.0 Å². The zero-order valence-electron chi connectivity index (χ0n) is 23.3. The molecule has 1 saturated carbocycles. The van der Waals surface area contributed by atoms with Gasteiger partial charge in [-0.3, -0.25) is 9.36 Å². The van der Waals surface area contributed by atoms with Crippen LogP contribution in [-0.2, 0) is 20.0 Å². The Hall–Kier alpha value is -3.47. The summed E-state index contributed by atoms with van der Waals surface area (Å²) in [7, 11) is 0. The molecule has 0 bridgehead atoms. The van der Waals surface area contributed by atoms with Gasteiger partial charge in [-0.05, 0) is 65.2 Å². The van der Waals surface area contributed by atoms with Crippen LogP contribution in [0.2, 0.25) is 0 Å². The molecule has 2 saturated heterocycles. The Morgan fingerprint density at radius 2 is 1.93 bits per heavy atom. The first kappa shape index (κ1) is 28.1. The maximum atomic E-state index is 12.6. The molecule has 0 aromatic carbocycles. The first-order valence-electron chi connectivity index (χ1n) is 13.7. The summed E-state index contributed by atoms with van der Waals surface area (Å²) in [4.78, 5) is 39.7. The smallest absolute Gasteiger partial charge is 0.410 e. The molecule has 0 radical (unpaired) electrons. The van der Waals surface area contributed by atoms with Gasteiger partial charge in [0, 0.05) is 25.6 Å². The summed E-state index contributed by atoms with van der Waals surface area (Å²) in [6.07, 6.45) is 0.962. The molecule has 13 heteroatoms. The lowest BCUT2D eigenvalue weighted by Gasteiger charge is -2.32. The van der Waals surface area contributed by atoms with E-state index in [0.29, 0.717) is 25.4 Å². The number of carbonyl (C=O) groups excluding carboxylic acids is 2. The molecule has 0 spiro atoms. The molecular weight excluding hydrogens is 518 g/mol. The molecule has 4 heterocycles. The molecule has 1 aliphatic carbocycles. The Labute approximate surface area is 232 Å². The van der Waals surface area contributed by atoms with Crippen LogP contribution < -0.4 is 11.1 Å². The van der Waals surface area contributed by atoms with Gasteiger partial charge in [0.2, 0.25) is 5.82 Å². The highest BCUT2D eigenvalue weighted by atomic mass is 16.6. The lowest BCUT2D eigenvalue weighted by atomic mass is 9.94. The first-order chi connectivity index (χ1) is 18.9. The zero-order valence-corrected chi connectivity index (χ0v) is 23.3. The van der Waals surface area contributed by atoms with Crippen LogP contribution in [0.5, 0.6) is 0 Å². The third-order valence-corrected chi connectivity index (χ3v) is 7.49. The third kappa shape index (κ3) is 5.70. The number of likely N-dealkylation sites (tertiary alicyclic amines) is 1. The first-order valence-corrected chi connectivity index (χ1v) is 13.7. The normalized spacial score (nSPS) is 27.4. The summed E-state index contributed by atoms with van der Waals surface area (Å²) < 4.78 is 12.9. The fraction of sp³-hybridized carbons (Fsp3) is 0.667. The lowest BCUT2D eigenvalue weighted by molar-refractivity contribution is -0.152. The van der Waals surface area contributed by atoms with Crippen molar-refractivity contribution in [1.82, 2.24) is 29.7 Å². The highest BCUT2D eigenvalue weighted by molar-refractivity contribution is 5.83. The van der Waals surface area contributed by atoms with Crippen molar-refractivity contribution in [3.63, 3.8) is 0 Å². The maximum absolute atomic E-state index is 12.6. The number of ether oxygens (including phenoxy) is 2. The molecule has 3 fully saturated rings. The second kappa shape index (κ2) is 10.5. The van der Waals surface area contributed by atoms with Gasteiger partial charge in [-0.15, -0.1) is 0 Å². The summed E-state index contributed by atoms with van der Waals surface area (Å²) in [5.74, 6) is 6.23. The van der Waals surface area contributed by atoms with Gasteiger partial charge < -0.3 is 35.6 Å². The predicted octanol–water partition coefficient (Wildman–Crippen LogP) is 0.869. The Bertz CT molecular complexity index is 1350. The van der Waals surface area contributed by atoms with Crippen LogP contribution in [0.1, 0.15) is 65.6 Å². The number of nitrogens with two attached hydrogens (primary N) is 1. The summed E-state index contributed by atoms with van der Waals surface area (Å²) in [6.45, 7) is 8.34. The molecule has 40 heavy (non-hydrogen) atoms. The zero-order chi connectivity index (χ0) is 28.8. The van der Waals surface area contributed by atoms with E-state index in [2.05, 4.69) is 32.1 Å². The topological polar surface area (TPSA) is 178 Å². The van der Waals surface area contributed by atoms with E-state index in [1.54, 1.807) is 11.8 Å². The second-order valence-corrected chi connectivity index (χ2v) is 11.9. The van der Waals surface area contributed by atoms with E-state index in [9.17, 15) is 19.8 Å². The van der Waals surface area contributed by atoms with Crippen LogP contribution in [0.3, 0.4) is 0 Å². The van der Waals surface area contributed by atoms with E-state index in [0.717, 1.165) is 25.7 Å². The maximum Gasteiger partial charge on any atom is 0.410 e. The van der Waals surface area contributed by atoms with E-state index in [1.165, 1.54) is 10.9 Å². The fourth-order valence-corrected chi connectivity index (χ4v) is 5.02. The third-order valence-electron chi connectivity index (χ3n) is 7.49. The van der Waals surface area contributed by atoms with Gasteiger partial charge in [0.25, 0.3) is 5.91 Å². The number of aliphatic hydroxyl groups excluding tert-OH is 2. The summed E-state index contributed by atoms with van der Waals surface area (Å²) in [5.41, 5.74) is 4.65. The number of amides is 2. The van der Waals surface area contributed by atoms with Crippen molar-refractivity contribution < 1.29 is 29.3 Å². The van der Waals surface area contributed by atoms with Crippen molar-refractivity contribution in [2.75, 3.05) is 18.8 Å². The van der Waals surface area contributed by atoms with Gasteiger partial charge in [0.15, 0.2) is 23.3 Å². The molecule has 4 atom stereocenters. The number of nitrogens with zero attached hydrogens (tertiary/aromatic N) is 5. The molecule has 2 amide bonds. The van der Waals surface area contributed by atoms with E-state index in [1.807, 2.05) is 20.8 Å². The van der Waals surface area contributed by atoms with Gasteiger partial charge in [0.1, 0.15) is 23.3 Å². The summed E-state index contributed by atoms with van der Waals surface area (Å²) in [6, 6.07) is 0.0765. The highest BCUT2D eigenvalue weighted by Gasteiger charge is 2.56. The fourth-order valence-electron chi connectivity index (χ4n) is 5.02. The largest absolute Gasteiger partial charge is 0.444 e. The second-order valence-electron chi connectivity index (χ2n) is 11.9.